The molecule has 0 radical (unpaired) electrons. The van der Waals surface area contributed by atoms with Gasteiger partial charge in [-0.15, -0.1) is 0 Å². The number of nitrogens with one attached hydrogen (secondary N) is 1. The summed E-state index contributed by atoms with van der Waals surface area (Å²) in [5, 5.41) is 3.36. The molecule has 0 amide bonds. The average Bonchev–Trinajstić information content (AvgIpc) is 2.19. The number of sulfone groups is 1. The van der Waals surface area contributed by atoms with E-state index in [4.69, 9.17) is 0 Å². The zero-order chi connectivity index (χ0) is 12.0. The van der Waals surface area contributed by atoms with E-state index in [1.807, 2.05) is 0 Å². The largest absolute Gasteiger partial charge is 0.313 e. The van der Waals surface area contributed by atoms with Crippen molar-refractivity contribution in [3.63, 3.8) is 0 Å². The van der Waals surface area contributed by atoms with Crippen molar-refractivity contribution in [2.45, 2.75) is 51.5 Å². The highest BCUT2D eigenvalue weighted by molar-refractivity contribution is 7.90. The molecule has 1 fully saturated rings. The average molecular weight is 247 g/mol. The fourth-order valence-corrected chi connectivity index (χ4v) is 3.00. The lowest BCUT2D eigenvalue weighted by atomic mass is 9.83. The summed E-state index contributed by atoms with van der Waals surface area (Å²) >= 11 is 0. The first-order valence-corrected chi connectivity index (χ1v) is 8.48. The molecule has 0 aromatic heterocycles. The van der Waals surface area contributed by atoms with E-state index in [9.17, 15) is 8.42 Å². The van der Waals surface area contributed by atoms with E-state index in [2.05, 4.69) is 12.2 Å². The number of hydrogen-bond acceptors (Lipinski definition) is 3. The molecular weight excluding hydrogens is 222 g/mol. The molecule has 0 aromatic rings. The molecule has 4 heteroatoms. The van der Waals surface area contributed by atoms with Gasteiger partial charge in [-0.1, -0.05) is 19.8 Å². The quantitative estimate of drug-likeness (QED) is 0.780. The Morgan fingerprint density at radius 1 is 1.19 bits per heavy atom. The van der Waals surface area contributed by atoms with Crippen molar-refractivity contribution in [2.75, 3.05) is 18.6 Å². The van der Waals surface area contributed by atoms with E-state index < -0.39 is 9.84 Å². The highest BCUT2D eigenvalue weighted by Crippen LogP contribution is 2.27. The van der Waals surface area contributed by atoms with Crippen molar-refractivity contribution in [1.82, 2.24) is 5.32 Å². The molecule has 0 atom stereocenters. The van der Waals surface area contributed by atoms with Crippen LogP contribution < -0.4 is 5.32 Å². The van der Waals surface area contributed by atoms with Crippen LogP contribution in [0.2, 0.25) is 0 Å². The van der Waals surface area contributed by atoms with Crippen molar-refractivity contribution in [1.29, 1.82) is 0 Å². The monoisotopic (exact) mass is 247 g/mol. The van der Waals surface area contributed by atoms with Gasteiger partial charge in [0, 0.05) is 18.8 Å². The Kier molecular flexibility index (Phi) is 5.76. The molecule has 0 heterocycles. The molecule has 3 nitrogen and oxygen atoms in total. The second-order valence-corrected chi connectivity index (χ2v) is 7.35. The molecular formula is C12H25NO2S. The third kappa shape index (κ3) is 5.85. The van der Waals surface area contributed by atoms with Gasteiger partial charge in [0.15, 0.2) is 0 Å². The van der Waals surface area contributed by atoms with E-state index in [1.54, 1.807) is 0 Å². The zero-order valence-electron chi connectivity index (χ0n) is 10.5. The molecule has 16 heavy (non-hydrogen) atoms. The van der Waals surface area contributed by atoms with Crippen LogP contribution in [-0.4, -0.2) is 33.0 Å². The second-order valence-electron chi connectivity index (χ2n) is 5.09. The van der Waals surface area contributed by atoms with Gasteiger partial charge >= 0.3 is 0 Å². The lowest BCUT2D eigenvalue weighted by Gasteiger charge is -2.29. The third-order valence-corrected chi connectivity index (χ3v) is 4.40. The van der Waals surface area contributed by atoms with Crippen molar-refractivity contribution in [2.24, 2.45) is 5.92 Å². The van der Waals surface area contributed by atoms with E-state index in [0.717, 1.165) is 5.92 Å². The van der Waals surface area contributed by atoms with Gasteiger partial charge in [-0.2, -0.15) is 0 Å². The maximum atomic E-state index is 11.0. The summed E-state index contributed by atoms with van der Waals surface area (Å²) in [6, 6.07) is 0.551. The van der Waals surface area contributed by atoms with Gasteiger partial charge in [-0.05, 0) is 31.6 Å². The molecule has 0 unspecified atom stereocenters. The SMILES string of the molecule is CCCC1CCC(NCCS(C)(=O)=O)CC1. The highest BCUT2D eigenvalue weighted by atomic mass is 32.2. The fourth-order valence-electron chi connectivity index (χ4n) is 2.51. The van der Waals surface area contributed by atoms with Crippen molar-refractivity contribution < 1.29 is 8.42 Å². The molecule has 1 rings (SSSR count). The minimum atomic E-state index is -2.81. The van der Waals surface area contributed by atoms with Gasteiger partial charge in [0.25, 0.3) is 0 Å². The predicted molar refractivity (Wildman–Crippen MR) is 68.4 cm³/mol. The van der Waals surface area contributed by atoms with Gasteiger partial charge in [0.05, 0.1) is 5.75 Å². The highest BCUT2D eigenvalue weighted by Gasteiger charge is 2.20. The van der Waals surface area contributed by atoms with Crippen LogP contribution in [0.1, 0.15) is 45.4 Å². The maximum Gasteiger partial charge on any atom is 0.148 e. The minimum absolute atomic E-state index is 0.266. The second kappa shape index (κ2) is 6.60. The van der Waals surface area contributed by atoms with Gasteiger partial charge in [-0.25, -0.2) is 8.42 Å². The van der Waals surface area contributed by atoms with Crippen molar-refractivity contribution >= 4 is 9.84 Å². The fraction of sp³-hybridized carbons (Fsp3) is 1.00. The topological polar surface area (TPSA) is 46.2 Å². The van der Waals surface area contributed by atoms with Crippen LogP contribution in [0.15, 0.2) is 0 Å². The first-order chi connectivity index (χ1) is 7.51. The van der Waals surface area contributed by atoms with Crippen LogP contribution in [0, 0.1) is 5.92 Å². The number of rotatable bonds is 6. The summed E-state index contributed by atoms with van der Waals surface area (Å²) in [6.07, 6.45) is 9.00. The van der Waals surface area contributed by atoms with E-state index in [-0.39, 0.29) is 5.75 Å². The smallest absolute Gasteiger partial charge is 0.148 e. The Bertz CT molecular complexity index is 279. The predicted octanol–water partition coefficient (Wildman–Crippen LogP) is 1.98. The van der Waals surface area contributed by atoms with Gasteiger partial charge < -0.3 is 5.32 Å². The van der Waals surface area contributed by atoms with Crippen LogP contribution in [-0.2, 0) is 9.84 Å². The maximum absolute atomic E-state index is 11.0. The lowest BCUT2D eigenvalue weighted by molar-refractivity contribution is 0.281. The van der Waals surface area contributed by atoms with Crippen LogP contribution in [0.5, 0.6) is 0 Å². The molecule has 1 N–H and O–H groups in total. The molecule has 0 spiro atoms. The lowest BCUT2D eigenvalue weighted by Crippen LogP contribution is -2.36. The minimum Gasteiger partial charge on any atom is -0.313 e. The normalized spacial score (nSPS) is 26.9. The first kappa shape index (κ1) is 14.0. The molecule has 1 aliphatic carbocycles. The molecule has 0 saturated heterocycles. The van der Waals surface area contributed by atoms with Crippen LogP contribution >= 0.6 is 0 Å². The summed E-state index contributed by atoms with van der Waals surface area (Å²) in [5.74, 6) is 1.18. The summed E-state index contributed by atoms with van der Waals surface area (Å²) in [4.78, 5) is 0. The molecule has 0 bridgehead atoms. The van der Waals surface area contributed by atoms with Gasteiger partial charge in [0.1, 0.15) is 9.84 Å². The molecule has 0 aliphatic heterocycles. The summed E-state index contributed by atoms with van der Waals surface area (Å²) in [5.41, 5.74) is 0. The Balaban J connectivity index is 2.13. The van der Waals surface area contributed by atoms with Gasteiger partial charge in [0.2, 0.25) is 0 Å². The Morgan fingerprint density at radius 2 is 1.81 bits per heavy atom. The zero-order valence-corrected chi connectivity index (χ0v) is 11.4. The van der Waals surface area contributed by atoms with Crippen LogP contribution in [0.25, 0.3) is 0 Å². The Labute approximate surface area is 99.9 Å². The van der Waals surface area contributed by atoms with E-state index >= 15 is 0 Å². The Morgan fingerprint density at radius 3 is 2.31 bits per heavy atom. The summed E-state index contributed by atoms with van der Waals surface area (Å²) in [7, 11) is -2.81. The van der Waals surface area contributed by atoms with Crippen molar-refractivity contribution in [3.05, 3.63) is 0 Å². The van der Waals surface area contributed by atoms with E-state index in [1.165, 1.54) is 44.8 Å². The molecule has 1 saturated carbocycles. The number of hydrogen-bond donors (Lipinski definition) is 1. The summed E-state index contributed by atoms with van der Waals surface area (Å²) < 4.78 is 21.9. The Hall–Kier alpha value is -0.0900. The molecule has 96 valence electrons. The molecule has 0 aromatic carbocycles. The third-order valence-electron chi connectivity index (χ3n) is 3.45. The molecule has 1 aliphatic rings. The standard InChI is InChI=1S/C12H25NO2S/c1-3-4-11-5-7-12(8-6-11)13-9-10-16(2,14)15/h11-13H,3-10H2,1-2H3. The van der Waals surface area contributed by atoms with Crippen LogP contribution in [0.3, 0.4) is 0 Å². The summed E-state index contributed by atoms with van der Waals surface area (Å²) in [6.45, 7) is 2.86. The first-order valence-electron chi connectivity index (χ1n) is 6.42. The van der Waals surface area contributed by atoms with Crippen molar-refractivity contribution in [3.8, 4) is 0 Å². The van der Waals surface area contributed by atoms with Crippen LogP contribution in [0.4, 0.5) is 0 Å². The van der Waals surface area contributed by atoms with Gasteiger partial charge in [-0.3, -0.25) is 0 Å². The van der Waals surface area contributed by atoms with E-state index in [0.29, 0.717) is 12.6 Å².